The van der Waals surface area contributed by atoms with Gasteiger partial charge >= 0.3 is 0 Å². The predicted octanol–water partition coefficient (Wildman–Crippen LogP) is 1.84. The molecule has 1 unspecified atom stereocenters. The Bertz CT molecular complexity index is 584. The SMILES string of the molecule is NCC(Cc1ccccc1)c1cccc(OCC(N)=O)c1. The summed E-state index contributed by atoms with van der Waals surface area (Å²) in [5.74, 6) is 0.363. The Balaban J connectivity index is 2.10. The molecular formula is C17H20N2O2. The Hall–Kier alpha value is -2.33. The monoisotopic (exact) mass is 284 g/mol. The summed E-state index contributed by atoms with van der Waals surface area (Å²) in [6.07, 6.45) is 0.872. The van der Waals surface area contributed by atoms with Gasteiger partial charge in [0.05, 0.1) is 0 Å². The summed E-state index contributed by atoms with van der Waals surface area (Å²) < 4.78 is 5.34. The van der Waals surface area contributed by atoms with Gasteiger partial charge < -0.3 is 16.2 Å². The van der Waals surface area contributed by atoms with E-state index >= 15 is 0 Å². The van der Waals surface area contributed by atoms with Crippen LogP contribution in [0.5, 0.6) is 5.75 Å². The van der Waals surface area contributed by atoms with Crippen molar-refractivity contribution in [2.24, 2.45) is 11.5 Å². The number of carbonyl (C=O) groups is 1. The van der Waals surface area contributed by atoms with Gasteiger partial charge in [-0.1, -0.05) is 42.5 Å². The molecule has 0 spiro atoms. The maximum atomic E-state index is 10.8. The molecule has 4 nitrogen and oxygen atoms in total. The van der Waals surface area contributed by atoms with Crippen molar-refractivity contribution in [3.05, 3.63) is 65.7 Å². The first-order valence-corrected chi connectivity index (χ1v) is 6.94. The molecule has 21 heavy (non-hydrogen) atoms. The van der Waals surface area contributed by atoms with Gasteiger partial charge in [0.25, 0.3) is 5.91 Å². The van der Waals surface area contributed by atoms with Gasteiger partial charge in [0.2, 0.25) is 0 Å². The Labute approximate surface area is 124 Å². The topological polar surface area (TPSA) is 78.3 Å². The number of nitrogens with two attached hydrogens (primary N) is 2. The Morgan fingerprint density at radius 3 is 2.52 bits per heavy atom. The fourth-order valence-electron chi connectivity index (χ4n) is 2.25. The van der Waals surface area contributed by atoms with E-state index < -0.39 is 5.91 Å². The quantitative estimate of drug-likeness (QED) is 0.814. The second-order valence-electron chi connectivity index (χ2n) is 4.95. The zero-order valence-corrected chi connectivity index (χ0v) is 11.9. The number of ether oxygens (including phenoxy) is 1. The lowest BCUT2D eigenvalue weighted by Crippen LogP contribution is -2.20. The Morgan fingerprint density at radius 2 is 1.86 bits per heavy atom. The molecule has 1 atom stereocenters. The van der Waals surface area contributed by atoms with Crippen LogP contribution in [-0.4, -0.2) is 19.1 Å². The summed E-state index contributed by atoms with van der Waals surface area (Å²) >= 11 is 0. The molecule has 1 amide bonds. The maximum absolute atomic E-state index is 10.8. The van der Waals surface area contributed by atoms with Crippen LogP contribution in [0, 0.1) is 0 Å². The predicted molar refractivity (Wildman–Crippen MR) is 83.1 cm³/mol. The van der Waals surface area contributed by atoms with E-state index in [0.29, 0.717) is 12.3 Å². The van der Waals surface area contributed by atoms with Gasteiger partial charge in [0.1, 0.15) is 5.75 Å². The molecule has 0 saturated heterocycles. The fourth-order valence-corrected chi connectivity index (χ4v) is 2.25. The molecule has 2 aromatic rings. The van der Waals surface area contributed by atoms with Crippen LogP contribution >= 0.6 is 0 Å². The van der Waals surface area contributed by atoms with Gasteiger partial charge in [0, 0.05) is 5.92 Å². The summed E-state index contributed by atoms with van der Waals surface area (Å²) in [6, 6.07) is 17.9. The van der Waals surface area contributed by atoms with Crippen LogP contribution in [0.15, 0.2) is 54.6 Å². The van der Waals surface area contributed by atoms with Gasteiger partial charge in [0.15, 0.2) is 6.61 Å². The third-order valence-corrected chi connectivity index (χ3v) is 3.32. The molecule has 110 valence electrons. The molecule has 4 heteroatoms. The zero-order valence-electron chi connectivity index (χ0n) is 11.9. The van der Waals surface area contributed by atoms with E-state index in [1.165, 1.54) is 5.56 Å². The third kappa shape index (κ3) is 4.61. The molecule has 0 aromatic heterocycles. The van der Waals surface area contributed by atoms with Crippen LogP contribution in [0.2, 0.25) is 0 Å². The second-order valence-corrected chi connectivity index (χ2v) is 4.95. The van der Waals surface area contributed by atoms with Crippen LogP contribution in [-0.2, 0) is 11.2 Å². The lowest BCUT2D eigenvalue weighted by Gasteiger charge is -2.16. The summed E-state index contributed by atoms with van der Waals surface area (Å²) in [4.78, 5) is 10.8. The Kier molecular flexibility index (Phi) is 5.35. The van der Waals surface area contributed by atoms with Crippen molar-refractivity contribution in [1.82, 2.24) is 0 Å². The average Bonchev–Trinajstić information content (AvgIpc) is 2.52. The number of carbonyl (C=O) groups excluding carboxylic acids is 1. The number of primary amides is 1. The van der Waals surface area contributed by atoms with Crippen molar-refractivity contribution in [2.75, 3.05) is 13.2 Å². The van der Waals surface area contributed by atoms with E-state index in [2.05, 4.69) is 12.1 Å². The molecule has 0 heterocycles. The van der Waals surface area contributed by atoms with Crippen LogP contribution in [0.1, 0.15) is 17.0 Å². The highest BCUT2D eigenvalue weighted by molar-refractivity contribution is 5.75. The number of amides is 1. The highest BCUT2D eigenvalue weighted by atomic mass is 16.5. The van der Waals surface area contributed by atoms with Crippen molar-refractivity contribution >= 4 is 5.91 Å². The average molecular weight is 284 g/mol. The summed E-state index contributed by atoms with van der Waals surface area (Å²) in [5.41, 5.74) is 13.3. The lowest BCUT2D eigenvalue weighted by molar-refractivity contribution is -0.119. The maximum Gasteiger partial charge on any atom is 0.255 e. The van der Waals surface area contributed by atoms with E-state index in [4.69, 9.17) is 16.2 Å². The Morgan fingerprint density at radius 1 is 1.10 bits per heavy atom. The van der Waals surface area contributed by atoms with Gasteiger partial charge in [-0.3, -0.25) is 4.79 Å². The zero-order chi connectivity index (χ0) is 15.1. The van der Waals surface area contributed by atoms with Gasteiger partial charge in [-0.05, 0) is 36.2 Å². The molecule has 0 aliphatic carbocycles. The van der Waals surface area contributed by atoms with Gasteiger partial charge in [-0.25, -0.2) is 0 Å². The minimum absolute atomic E-state index is 0.116. The van der Waals surface area contributed by atoms with Crippen LogP contribution in [0.3, 0.4) is 0 Å². The number of hydrogen-bond donors (Lipinski definition) is 2. The largest absolute Gasteiger partial charge is 0.484 e. The second kappa shape index (κ2) is 7.45. The van der Waals surface area contributed by atoms with E-state index in [1.807, 2.05) is 42.5 Å². The van der Waals surface area contributed by atoms with Gasteiger partial charge in [-0.2, -0.15) is 0 Å². The lowest BCUT2D eigenvalue weighted by atomic mass is 9.92. The molecule has 2 rings (SSSR count). The smallest absolute Gasteiger partial charge is 0.255 e. The van der Waals surface area contributed by atoms with Crippen LogP contribution < -0.4 is 16.2 Å². The minimum Gasteiger partial charge on any atom is -0.484 e. The van der Waals surface area contributed by atoms with Gasteiger partial charge in [-0.15, -0.1) is 0 Å². The van der Waals surface area contributed by atoms with E-state index in [1.54, 1.807) is 0 Å². The van der Waals surface area contributed by atoms with E-state index in [0.717, 1.165) is 12.0 Å². The number of benzene rings is 2. The first kappa shape index (κ1) is 15.1. The van der Waals surface area contributed by atoms with Crippen molar-refractivity contribution in [3.8, 4) is 5.75 Å². The molecule has 0 saturated carbocycles. The minimum atomic E-state index is -0.486. The molecule has 0 aliphatic rings. The summed E-state index contributed by atoms with van der Waals surface area (Å²) in [5, 5.41) is 0. The number of hydrogen-bond acceptors (Lipinski definition) is 3. The molecular weight excluding hydrogens is 264 g/mol. The van der Waals surface area contributed by atoms with Crippen molar-refractivity contribution in [1.29, 1.82) is 0 Å². The molecule has 0 fully saturated rings. The van der Waals surface area contributed by atoms with Crippen molar-refractivity contribution in [3.63, 3.8) is 0 Å². The first-order chi connectivity index (χ1) is 10.2. The van der Waals surface area contributed by atoms with E-state index in [-0.39, 0.29) is 12.5 Å². The first-order valence-electron chi connectivity index (χ1n) is 6.94. The van der Waals surface area contributed by atoms with Crippen LogP contribution in [0.4, 0.5) is 0 Å². The summed E-state index contributed by atoms with van der Waals surface area (Å²) in [7, 11) is 0. The molecule has 0 aliphatic heterocycles. The highest BCUT2D eigenvalue weighted by Gasteiger charge is 2.11. The van der Waals surface area contributed by atoms with Crippen molar-refractivity contribution in [2.45, 2.75) is 12.3 Å². The summed E-state index contributed by atoms with van der Waals surface area (Å²) in [6.45, 7) is 0.434. The standard InChI is InChI=1S/C17H20N2O2/c18-11-15(9-13-5-2-1-3-6-13)14-7-4-8-16(10-14)21-12-17(19)20/h1-8,10,15H,9,11-12,18H2,(H2,19,20). The van der Waals surface area contributed by atoms with E-state index in [9.17, 15) is 4.79 Å². The van der Waals surface area contributed by atoms with Crippen LogP contribution in [0.25, 0.3) is 0 Å². The third-order valence-electron chi connectivity index (χ3n) is 3.32. The molecule has 4 N–H and O–H groups in total. The molecule has 2 aromatic carbocycles. The normalized spacial score (nSPS) is 11.9. The fraction of sp³-hybridized carbons (Fsp3) is 0.235. The molecule has 0 bridgehead atoms. The molecule has 0 radical (unpaired) electrons. The number of rotatable bonds is 7. The van der Waals surface area contributed by atoms with Crippen molar-refractivity contribution < 1.29 is 9.53 Å². The highest BCUT2D eigenvalue weighted by Crippen LogP contribution is 2.23.